The minimum absolute atomic E-state index is 0.120. The van der Waals surface area contributed by atoms with Crippen LogP contribution in [0, 0.1) is 29.6 Å². The number of carbonyl (C=O) groups is 1. The summed E-state index contributed by atoms with van der Waals surface area (Å²) in [4.78, 5) is 11.5. The molecule has 2 aromatic carbocycles. The van der Waals surface area contributed by atoms with Crippen molar-refractivity contribution in [2.75, 3.05) is 0 Å². The second kappa shape index (κ2) is 6.13. The lowest BCUT2D eigenvalue weighted by Crippen LogP contribution is -2.16. The Hall–Kier alpha value is -2.59. The molecule has 0 saturated heterocycles. The summed E-state index contributed by atoms with van der Waals surface area (Å²) in [7, 11) is 0. The molecule has 1 nitrogen and oxygen atoms in total. The number of rotatable bonds is 2. The Morgan fingerprint density at radius 3 is 2.38 bits per heavy atom. The first-order chi connectivity index (χ1) is 11.7. The molecule has 0 aromatic heterocycles. The maximum atomic E-state index is 11.5. The van der Waals surface area contributed by atoms with Gasteiger partial charge in [0.05, 0.1) is 0 Å². The van der Waals surface area contributed by atoms with E-state index in [0.717, 1.165) is 11.1 Å². The van der Waals surface area contributed by atoms with Crippen LogP contribution < -0.4 is 0 Å². The van der Waals surface area contributed by atoms with Gasteiger partial charge in [-0.25, -0.2) is 0 Å². The number of carbonyl (C=O) groups excluding carboxylic acids is 1. The van der Waals surface area contributed by atoms with Crippen LogP contribution in [0.25, 0.3) is 0 Å². The van der Waals surface area contributed by atoms with Crippen molar-refractivity contribution >= 4 is 5.78 Å². The summed E-state index contributed by atoms with van der Waals surface area (Å²) in [6.45, 7) is 1.61. The van der Waals surface area contributed by atoms with Crippen LogP contribution in [0.5, 0.6) is 0 Å². The molecule has 0 amide bonds. The molecular formula is C23H20O. The molecule has 2 bridgehead atoms. The van der Waals surface area contributed by atoms with E-state index in [-0.39, 0.29) is 5.78 Å². The SMILES string of the molecule is CC(=O)c1ccc([C@@H]2[C@@H](C#Cc3ccccc3)[C@@H]3C=C[C@H]2C3)cc1. The van der Waals surface area contributed by atoms with Crippen molar-refractivity contribution in [1.82, 2.24) is 0 Å². The average molecular weight is 312 g/mol. The minimum Gasteiger partial charge on any atom is -0.295 e. The monoisotopic (exact) mass is 312 g/mol. The molecule has 1 heteroatoms. The topological polar surface area (TPSA) is 17.1 Å². The van der Waals surface area contributed by atoms with E-state index in [9.17, 15) is 4.79 Å². The summed E-state index contributed by atoms with van der Waals surface area (Å²) in [5.41, 5.74) is 3.17. The smallest absolute Gasteiger partial charge is 0.159 e. The van der Waals surface area contributed by atoms with Gasteiger partial charge in [0.25, 0.3) is 0 Å². The number of Topliss-reactive ketones (excluding diaryl/α,β-unsaturated/α-hetero) is 1. The number of benzene rings is 2. The van der Waals surface area contributed by atoms with Gasteiger partial charge in [0.1, 0.15) is 0 Å². The van der Waals surface area contributed by atoms with Crippen molar-refractivity contribution < 1.29 is 4.79 Å². The van der Waals surface area contributed by atoms with Crippen molar-refractivity contribution in [2.45, 2.75) is 19.3 Å². The highest BCUT2D eigenvalue weighted by Crippen LogP contribution is 2.52. The Morgan fingerprint density at radius 2 is 1.67 bits per heavy atom. The Kier molecular flexibility index (Phi) is 3.82. The number of hydrogen-bond donors (Lipinski definition) is 0. The van der Waals surface area contributed by atoms with E-state index in [4.69, 9.17) is 0 Å². The zero-order valence-corrected chi connectivity index (χ0v) is 13.8. The van der Waals surface area contributed by atoms with Gasteiger partial charge in [0.15, 0.2) is 5.78 Å². The van der Waals surface area contributed by atoms with Crippen LogP contribution in [-0.2, 0) is 0 Å². The lowest BCUT2D eigenvalue weighted by molar-refractivity contribution is 0.101. The Morgan fingerprint density at radius 1 is 0.958 bits per heavy atom. The molecule has 2 aliphatic rings. The molecular weight excluding hydrogens is 292 g/mol. The van der Waals surface area contributed by atoms with Gasteiger partial charge in [0, 0.05) is 23.0 Å². The lowest BCUT2D eigenvalue weighted by atomic mass is 9.78. The fourth-order valence-electron chi connectivity index (χ4n) is 4.10. The molecule has 0 radical (unpaired) electrons. The van der Waals surface area contributed by atoms with Gasteiger partial charge in [0.2, 0.25) is 0 Å². The molecule has 0 unspecified atom stereocenters. The van der Waals surface area contributed by atoms with E-state index < -0.39 is 0 Å². The van der Waals surface area contributed by atoms with Crippen molar-refractivity contribution in [3.63, 3.8) is 0 Å². The van der Waals surface area contributed by atoms with E-state index >= 15 is 0 Å². The predicted molar refractivity (Wildman–Crippen MR) is 96.7 cm³/mol. The summed E-state index contributed by atoms with van der Waals surface area (Å²) in [5, 5.41) is 0. The fraction of sp³-hybridized carbons (Fsp3) is 0.261. The average Bonchev–Trinajstić information content (AvgIpc) is 3.22. The van der Waals surface area contributed by atoms with E-state index in [1.54, 1.807) is 6.92 Å². The molecule has 1 saturated carbocycles. The van der Waals surface area contributed by atoms with Crippen LogP contribution in [0.2, 0.25) is 0 Å². The molecule has 118 valence electrons. The highest BCUT2D eigenvalue weighted by Gasteiger charge is 2.44. The molecule has 24 heavy (non-hydrogen) atoms. The second-order valence-electron chi connectivity index (χ2n) is 6.81. The van der Waals surface area contributed by atoms with Crippen LogP contribution >= 0.6 is 0 Å². The zero-order chi connectivity index (χ0) is 16.5. The third-order valence-corrected chi connectivity index (χ3v) is 5.32. The largest absolute Gasteiger partial charge is 0.295 e. The van der Waals surface area contributed by atoms with Crippen molar-refractivity contribution in [1.29, 1.82) is 0 Å². The summed E-state index contributed by atoms with van der Waals surface area (Å²) in [5.74, 6) is 8.97. The van der Waals surface area contributed by atoms with Gasteiger partial charge >= 0.3 is 0 Å². The van der Waals surface area contributed by atoms with Crippen LogP contribution in [-0.4, -0.2) is 5.78 Å². The third-order valence-electron chi connectivity index (χ3n) is 5.32. The lowest BCUT2D eigenvalue weighted by Gasteiger charge is -2.24. The quantitative estimate of drug-likeness (QED) is 0.440. The summed E-state index contributed by atoms with van der Waals surface area (Å²) in [6, 6.07) is 18.3. The van der Waals surface area contributed by atoms with E-state index in [1.165, 1.54) is 12.0 Å². The minimum atomic E-state index is 0.120. The Bertz CT molecular complexity index is 833. The van der Waals surface area contributed by atoms with Gasteiger partial charge in [-0.3, -0.25) is 4.79 Å². The van der Waals surface area contributed by atoms with Gasteiger partial charge in [-0.1, -0.05) is 66.5 Å². The van der Waals surface area contributed by atoms with Gasteiger partial charge in [-0.05, 0) is 42.9 Å². The predicted octanol–water partition coefficient (Wildman–Crippen LogP) is 4.85. The molecule has 2 aromatic rings. The summed E-state index contributed by atoms with van der Waals surface area (Å²) in [6.07, 6.45) is 5.90. The van der Waals surface area contributed by atoms with Crippen LogP contribution in [0.4, 0.5) is 0 Å². The van der Waals surface area contributed by atoms with Gasteiger partial charge < -0.3 is 0 Å². The molecule has 0 spiro atoms. The highest BCUT2D eigenvalue weighted by molar-refractivity contribution is 5.94. The highest BCUT2D eigenvalue weighted by atomic mass is 16.1. The Labute approximate surface area is 143 Å². The number of fused-ring (bicyclic) bond motifs is 2. The van der Waals surface area contributed by atoms with Crippen molar-refractivity contribution in [3.8, 4) is 11.8 Å². The van der Waals surface area contributed by atoms with Crippen LogP contribution in [0.3, 0.4) is 0 Å². The maximum Gasteiger partial charge on any atom is 0.159 e. The molecule has 0 aliphatic heterocycles. The van der Waals surface area contributed by atoms with Gasteiger partial charge in [-0.15, -0.1) is 0 Å². The Balaban J connectivity index is 1.65. The van der Waals surface area contributed by atoms with Crippen LogP contribution in [0.15, 0.2) is 66.7 Å². The standard InChI is InChI=1S/C23H20O/c1-16(24)18-8-10-19(11-9-18)23-21-13-12-20(15-21)22(23)14-7-17-5-3-2-4-6-17/h2-6,8-13,20-23H,15H2,1H3/t20-,21+,22+,23+/m1/s1. The van der Waals surface area contributed by atoms with Crippen LogP contribution in [0.1, 0.15) is 40.7 Å². The first kappa shape index (κ1) is 15.0. The molecule has 0 heterocycles. The first-order valence-electron chi connectivity index (χ1n) is 8.58. The van der Waals surface area contributed by atoms with Crippen molar-refractivity contribution in [3.05, 3.63) is 83.4 Å². The molecule has 1 fully saturated rings. The molecule has 2 aliphatic carbocycles. The zero-order valence-electron chi connectivity index (χ0n) is 13.8. The normalized spacial score (nSPS) is 26.9. The first-order valence-corrected chi connectivity index (χ1v) is 8.58. The molecule has 4 atom stereocenters. The number of hydrogen-bond acceptors (Lipinski definition) is 1. The molecule has 4 rings (SSSR count). The third kappa shape index (κ3) is 2.69. The van der Waals surface area contributed by atoms with E-state index in [0.29, 0.717) is 23.7 Å². The second-order valence-corrected chi connectivity index (χ2v) is 6.81. The van der Waals surface area contributed by atoms with Crippen molar-refractivity contribution in [2.24, 2.45) is 17.8 Å². The number of ketones is 1. The summed E-state index contributed by atoms with van der Waals surface area (Å²) >= 11 is 0. The fourth-order valence-corrected chi connectivity index (χ4v) is 4.10. The van der Waals surface area contributed by atoms with Gasteiger partial charge in [-0.2, -0.15) is 0 Å². The van der Waals surface area contributed by atoms with E-state index in [1.807, 2.05) is 30.3 Å². The molecule has 0 N–H and O–H groups in total. The maximum absolute atomic E-state index is 11.5. The number of allylic oxidation sites excluding steroid dienone is 2. The van der Waals surface area contributed by atoms with E-state index in [2.05, 4.69) is 48.3 Å². The summed E-state index contributed by atoms with van der Waals surface area (Å²) < 4.78 is 0.